The minimum atomic E-state index is -0.701. The van der Waals surface area contributed by atoms with Gasteiger partial charge in [0.05, 0.1) is 10.9 Å². The number of carbonyl (C=O) groups is 1. The van der Waals surface area contributed by atoms with Crippen LogP contribution >= 0.6 is 0 Å². The SMILES string of the molecule is O=C(O)C1(CNc2ncnc3ccccc23)CCCCC1. The van der Waals surface area contributed by atoms with Gasteiger partial charge in [-0.15, -0.1) is 0 Å². The summed E-state index contributed by atoms with van der Waals surface area (Å²) < 4.78 is 0. The molecule has 0 amide bonds. The maximum absolute atomic E-state index is 11.7. The van der Waals surface area contributed by atoms with Gasteiger partial charge in [-0.05, 0) is 25.0 Å². The minimum Gasteiger partial charge on any atom is -0.481 e. The number of hydrogen-bond donors (Lipinski definition) is 2. The normalized spacial score (nSPS) is 17.5. The van der Waals surface area contributed by atoms with Gasteiger partial charge in [0.1, 0.15) is 12.1 Å². The Labute approximate surface area is 123 Å². The van der Waals surface area contributed by atoms with Crippen molar-refractivity contribution in [2.45, 2.75) is 32.1 Å². The zero-order valence-corrected chi connectivity index (χ0v) is 11.9. The zero-order valence-electron chi connectivity index (χ0n) is 11.9. The van der Waals surface area contributed by atoms with Gasteiger partial charge in [-0.2, -0.15) is 0 Å². The molecular formula is C16H19N3O2. The Hall–Kier alpha value is -2.17. The molecule has 0 radical (unpaired) electrons. The number of para-hydroxylation sites is 1. The maximum atomic E-state index is 11.7. The number of benzene rings is 1. The molecule has 1 saturated carbocycles. The zero-order chi connectivity index (χ0) is 14.7. The van der Waals surface area contributed by atoms with E-state index in [-0.39, 0.29) is 0 Å². The topological polar surface area (TPSA) is 75.1 Å². The summed E-state index contributed by atoms with van der Waals surface area (Å²) in [5, 5.41) is 13.8. The third-order valence-electron chi connectivity index (χ3n) is 4.40. The molecule has 3 rings (SSSR count). The molecular weight excluding hydrogens is 266 g/mol. The summed E-state index contributed by atoms with van der Waals surface area (Å²) in [6, 6.07) is 7.74. The van der Waals surface area contributed by atoms with Crippen LogP contribution in [-0.4, -0.2) is 27.6 Å². The smallest absolute Gasteiger partial charge is 0.311 e. The first-order chi connectivity index (χ1) is 10.2. The number of rotatable bonds is 4. The number of aliphatic carboxylic acids is 1. The Kier molecular flexibility index (Phi) is 3.73. The van der Waals surface area contributed by atoms with Crippen molar-refractivity contribution < 1.29 is 9.90 Å². The molecule has 0 spiro atoms. The highest BCUT2D eigenvalue weighted by molar-refractivity contribution is 5.88. The van der Waals surface area contributed by atoms with Crippen LogP contribution in [0.4, 0.5) is 5.82 Å². The first-order valence-corrected chi connectivity index (χ1v) is 7.38. The summed E-state index contributed by atoms with van der Waals surface area (Å²) in [6.07, 6.45) is 6.08. The molecule has 0 bridgehead atoms. The van der Waals surface area contributed by atoms with E-state index >= 15 is 0 Å². The van der Waals surface area contributed by atoms with Gasteiger partial charge in [-0.3, -0.25) is 4.79 Å². The molecule has 2 N–H and O–H groups in total. The molecule has 0 saturated heterocycles. The van der Waals surface area contributed by atoms with Crippen LogP contribution in [0.5, 0.6) is 0 Å². The van der Waals surface area contributed by atoms with Crippen LogP contribution in [0.15, 0.2) is 30.6 Å². The lowest BCUT2D eigenvalue weighted by molar-refractivity contribution is -0.150. The fraction of sp³-hybridized carbons (Fsp3) is 0.438. The van der Waals surface area contributed by atoms with Crippen LogP contribution in [0.1, 0.15) is 32.1 Å². The standard InChI is InChI=1S/C16H19N3O2/c20-15(21)16(8-4-1-5-9-16)10-17-14-12-6-2-3-7-13(12)18-11-19-14/h2-3,6-7,11H,1,4-5,8-10H2,(H,20,21)(H,17,18,19). The summed E-state index contributed by atoms with van der Waals surface area (Å²) in [4.78, 5) is 20.2. The number of anilines is 1. The number of aromatic nitrogens is 2. The molecule has 1 aromatic carbocycles. The van der Waals surface area contributed by atoms with Gasteiger partial charge >= 0.3 is 5.97 Å². The van der Waals surface area contributed by atoms with Crippen molar-refractivity contribution in [2.24, 2.45) is 5.41 Å². The Morgan fingerprint density at radius 1 is 1.19 bits per heavy atom. The summed E-state index contributed by atoms with van der Waals surface area (Å²) in [5.41, 5.74) is 0.202. The summed E-state index contributed by atoms with van der Waals surface area (Å²) >= 11 is 0. The van der Waals surface area contributed by atoms with Crippen LogP contribution in [0.3, 0.4) is 0 Å². The second-order valence-corrected chi connectivity index (χ2v) is 5.74. The van der Waals surface area contributed by atoms with Crippen molar-refractivity contribution in [3.05, 3.63) is 30.6 Å². The van der Waals surface area contributed by atoms with E-state index in [1.54, 1.807) is 0 Å². The first-order valence-electron chi connectivity index (χ1n) is 7.38. The van der Waals surface area contributed by atoms with Crippen molar-refractivity contribution in [3.63, 3.8) is 0 Å². The predicted molar refractivity (Wildman–Crippen MR) is 81.2 cm³/mol. The average molecular weight is 285 g/mol. The summed E-state index contributed by atoms with van der Waals surface area (Å²) in [7, 11) is 0. The minimum absolute atomic E-state index is 0.420. The third kappa shape index (κ3) is 2.68. The van der Waals surface area contributed by atoms with E-state index in [4.69, 9.17) is 0 Å². The Morgan fingerprint density at radius 3 is 2.71 bits per heavy atom. The Bertz CT molecular complexity index is 646. The summed E-state index contributed by atoms with van der Waals surface area (Å²) in [6.45, 7) is 0.420. The quantitative estimate of drug-likeness (QED) is 0.903. The fourth-order valence-electron chi connectivity index (χ4n) is 3.09. The highest BCUT2D eigenvalue weighted by Gasteiger charge is 2.39. The summed E-state index contributed by atoms with van der Waals surface area (Å²) in [5.74, 6) is 0.0138. The number of hydrogen-bond acceptors (Lipinski definition) is 4. The largest absolute Gasteiger partial charge is 0.481 e. The van der Waals surface area contributed by atoms with Crippen LogP contribution in [0, 0.1) is 5.41 Å². The van der Waals surface area contributed by atoms with Crippen LogP contribution in [0.25, 0.3) is 10.9 Å². The van der Waals surface area contributed by atoms with Crippen LogP contribution in [0.2, 0.25) is 0 Å². The van der Waals surface area contributed by atoms with Gasteiger partial charge in [0.25, 0.3) is 0 Å². The van der Waals surface area contributed by atoms with Crippen molar-refractivity contribution in [1.82, 2.24) is 9.97 Å². The van der Waals surface area contributed by atoms with Gasteiger partial charge in [-0.25, -0.2) is 9.97 Å². The predicted octanol–water partition coefficient (Wildman–Crippen LogP) is 3.08. The fourth-order valence-corrected chi connectivity index (χ4v) is 3.09. The van der Waals surface area contributed by atoms with Crippen molar-refractivity contribution in [2.75, 3.05) is 11.9 Å². The lowest BCUT2D eigenvalue weighted by Gasteiger charge is -2.33. The number of fused-ring (bicyclic) bond motifs is 1. The molecule has 5 heteroatoms. The van der Waals surface area contributed by atoms with E-state index in [0.29, 0.717) is 12.4 Å². The van der Waals surface area contributed by atoms with E-state index in [2.05, 4.69) is 15.3 Å². The molecule has 1 aliphatic carbocycles. The Morgan fingerprint density at radius 2 is 1.95 bits per heavy atom. The number of carboxylic acid groups (broad SMARTS) is 1. The molecule has 0 aliphatic heterocycles. The molecule has 5 nitrogen and oxygen atoms in total. The molecule has 1 fully saturated rings. The highest BCUT2D eigenvalue weighted by Crippen LogP contribution is 2.37. The van der Waals surface area contributed by atoms with E-state index in [9.17, 15) is 9.90 Å². The number of nitrogens with zero attached hydrogens (tertiary/aromatic N) is 2. The van der Waals surface area contributed by atoms with Gasteiger partial charge in [-0.1, -0.05) is 31.4 Å². The second kappa shape index (κ2) is 5.68. The second-order valence-electron chi connectivity index (χ2n) is 5.74. The molecule has 0 unspecified atom stereocenters. The third-order valence-corrected chi connectivity index (χ3v) is 4.40. The van der Waals surface area contributed by atoms with Crippen molar-refractivity contribution in [3.8, 4) is 0 Å². The molecule has 1 heterocycles. The van der Waals surface area contributed by atoms with E-state index in [1.807, 2.05) is 24.3 Å². The number of carboxylic acids is 1. The van der Waals surface area contributed by atoms with Gasteiger partial charge < -0.3 is 10.4 Å². The van der Waals surface area contributed by atoms with Gasteiger partial charge in [0.2, 0.25) is 0 Å². The first kappa shape index (κ1) is 13.8. The monoisotopic (exact) mass is 285 g/mol. The van der Waals surface area contributed by atoms with Crippen molar-refractivity contribution >= 4 is 22.7 Å². The highest BCUT2D eigenvalue weighted by atomic mass is 16.4. The number of nitrogens with one attached hydrogen (secondary N) is 1. The van der Waals surface area contributed by atoms with E-state index < -0.39 is 11.4 Å². The molecule has 21 heavy (non-hydrogen) atoms. The molecule has 0 atom stereocenters. The van der Waals surface area contributed by atoms with Gasteiger partial charge in [0, 0.05) is 11.9 Å². The van der Waals surface area contributed by atoms with Crippen LogP contribution < -0.4 is 5.32 Å². The lowest BCUT2D eigenvalue weighted by atomic mass is 9.74. The van der Waals surface area contributed by atoms with Crippen molar-refractivity contribution in [1.29, 1.82) is 0 Å². The molecule has 1 aliphatic rings. The maximum Gasteiger partial charge on any atom is 0.311 e. The molecule has 110 valence electrons. The van der Waals surface area contributed by atoms with Crippen LogP contribution in [-0.2, 0) is 4.79 Å². The van der Waals surface area contributed by atoms with E-state index in [0.717, 1.165) is 43.0 Å². The van der Waals surface area contributed by atoms with Gasteiger partial charge in [0.15, 0.2) is 0 Å². The molecule has 2 aromatic rings. The molecule has 1 aromatic heterocycles. The average Bonchev–Trinajstić information content (AvgIpc) is 2.53. The lowest BCUT2D eigenvalue weighted by Crippen LogP contribution is -2.39. The van der Waals surface area contributed by atoms with E-state index in [1.165, 1.54) is 6.33 Å². The Balaban J connectivity index is 1.83.